The lowest BCUT2D eigenvalue weighted by atomic mass is 10.1. The lowest BCUT2D eigenvalue weighted by molar-refractivity contribution is -0.115. The molecular formula is C20H22N8O4S2. The summed E-state index contributed by atoms with van der Waals surface area (Å²) in [6.45, 7) is 1.60. The van der Waals surface area contributed by atoms with E-state index in [1.165, 1.54) is 23.5 Å². The van der Waals surface area contributed by atoms with Crippen LogP contribution in [0.15, 0.2) is 42.6 Å². The van der Waals surface area contributed by atoms with Crippen LogP contribution in [0.5, 0.6) is 0 Å². The summed E-state index contributed by atoms with van der Waals surface area (Å²) in [5.74, 6) is -0.262. The Morgan fingerprint density at radius 1 is 1.15 bits per heavy atom. The second-order valence-electron chi connectivity index (χ2n) is 7.70. The molecule has 0 bridgehead atoms. The highest BCUT2D eigenvalue weighted by molar-refractivity contribution is 7.89. The van der Waals surface area contributed by atoms with E-state index in [2.05, 4.69) is 35.9 Å². The summed E-state index contributed by atoms with van der Waals surface area (Å²) in [5, 5.41) is 23.1. The number of rotatable bonds is 8. The molecule has 14 heteroatoms. The number of aromatic nitrogens is 4. The van der Waals surface area contributed by atoms with Crippen molar-refractivity contribution in [2.75, 3.05) is 34.9 Å². The summed E-state index contributed by atoms with van der Waals surface area (Å²) >= 11 is 1.23. The quantitative estimate of drug-likeness (QED) is 0.404. The van der Waals surface area contributed by atoms with Crippen molar-refractivity contribution in [1.29, 1.82) is 0 Å². The molecule has 1 saturated heterocycles. The Morgan fingerprint density at radius 3 is 2.74 bits per heavy atom. The minimum atomic E-state index is -3.68. The van der Waals surface area contributed by atoms with Crippen molar-refractivity contribution in [2.24, 2.45) is 0 Å². The van der Waals surface area contributed by atoms with Gasteiger partial charge in [-0.1, -0.05) is 23.5 Å². The van der Waals surface area contributed by atoms with Crippen LogP contribution in [0.4, 0.5) is 16.1 Å². The molecule has 1 aliphatic heterocycles. The normalized spacial score (nSPS) is 15.7. The van der Waals surface area contributed by atoms with E-state index in [0.717, 1.165) is 31.6 Å². The van der Waals surface area contributed by atoms with Gasteiger partial charge in [0.25, 0.3) is 5.91 Å². The van der Waals surface area contributed by atoms with Gasteiger partial charge in [-0.15, -0.1) is 15.3 Å². The van der Waals surface area contributed by atoms with Crippen LogP contribution in [0.2, 0.25) is 0 Å². The number of nitrogens with zero attached hydrogens (tertiary/aromatic N) is 5. The fourth-order valence-corrected chi connectivity index (χ4v) is 4.65. The molecule has 1 aliphatic rings. The van der Waals surface area contributed by atoms with Crippen molar-refractivity contribution in [2.45, 2.75) is 18.9 Å². The third kappa shape index (κ3) is 6.45. The van der Waals surface area contributed by atoms with Crippen LogP contribution in [0.25, 0.3) is 0 Å². The summed E-state index contributed by atoms with van der Waals surface area (Å²) in [6, 6.07) is 10.1. The molecule has 178 valence electrons. The van der Waals surface area contributed by atoms with Crippen LogP contribution >= 0.6 is 11.3 Å². The van der Waals surface area contributed by atoms with E-state index < -0.39 is 15.9 Å². The molecule has 4 rings (SSSR count). The van der Waals surface area contributed by atoms with Crippen LogP contribution < -0.4 is 20.3 Å². The summed E-state index contributed by atoms with van der Waals surface area (Å²) in [6.07, 6.45) is 3.42. The first-order valence-electron chi connectivity index (χ1n) is 10.3. The van der Waals surface area contributed by atoms with Gasteiger partial charge in [0.15, 0.2) is 5.82 Å². The Hall–Kier alpha value is -3.65. The highest BCUT2D eigenvalue weighted by Gasteiger charge is 2.24. The molecule has 0 radical (unpaired) electrons. The molecule has 0 saturated carbocycles. The van der Waals surface area contributed by atoms with Crippen molar-refractivity contribution < 1.29 is 18.0 Å². The van der Waals surface area contributed by atoms with Gasteiger partial charge in [0, 0.05) is 30.9 Å². The molecule has 12 nitrogen and oxygen atoms in total. The molecule has 0 unspecified atom stereocenters. The molecular weight excluding hydrogens is 480 g/mol. The van der Waals surface area contributed by atoms with Crippen LogP contribution in [0.1, 0.15) is 22.3 Å². The topological polar surface area (TPSA) is 159 Å². The number of carbonyl (C=O) groups excluding carboxylic acids is 2. The smallest absolute Gasteiger partial charge is 0.264 e. The van der Waals surface area contributed by atoms with Gasteiger partial charge in [-0.05, 0) is 36.2 Å². The van der Waals surface area contributed by atoms with E-state index in [9.17, 15) is 18.0 Å². The van der Waals surface area contributed by atoms with E-state index >= 15 is 0 Å². The van der Waals surface area contributed by atoms with Gasteiger partial charge in [-0.2, -0.15) is 5.10 Å². The number of sulfonamides is 1. The molecule has 0 aliphatic carbocycles. The molecule has 3 N–H and O–H groups in total. The van der Waals surface area contributed by atoms with E-state index in [1.54, 1.807) is 18.3 Å². The van der Waals surface area contributed by atoms with Gasteiger partial charge in [0.05, 0.1) is 12.7 Å². The molecule has 1 aromatic carbocycles. The third-order valence-corrected chi connectivity index (χ3v) is 6.23. The molecule has 3 aromatic rings. The maximum atomic E-state index is 12.4. The van der Waals surface area contributed by atoms with Crippen molar-refractivity contribution in [3.8, 4) is 0 Å². The van der Waals surface area contributed by atoms with Gasteiger partial charge in [-0.3, -0.25) is 9.59 Å². The molecule has 1 atom stereocenters. The van der Waals surface area contributed by atoms with Crippen molar-refractivity contribution in [3.05, 3.63) is 53.7 Å². The van der Waals surface area contributed by atoms with Crippen LogP contribution in [0, 0.1) is 0 Å². The maximum Gasteiger partial charge on any atom is 0.264 e. The Bertz CT molecular complexity index is 1280. The molecule has 2 aromatic heterocycles. The Morgan fingerprint density at radius 2 is 1.97 bits per heavy atom. The Kier molecular flexibility index (Phi) is 6.98. The number of carbonyl (C=O) groups is 2. The fraction of sp³-hybridized carbons (Fsp3) is 0.300. The zero-order valence-electron chi connectivity index (χ0n) is 18.1. The molecule has 0 spiro atoms. The molecule has 2 amide bonds. The average molecular weight is 503 g/mol. The van der Waals surface area contributed by atoms with Crippen molar-refractivity contribution in [1.82, 2.24) is 25.1 Å². The van der Waals surface area contributed by atoms with Gasteiger partial charge in [0.2, 0.25) is 26.2 Å². The molecule has 3 heterocycles. The number of anilines is 3. The second kappa shape index (κ2) is 10.1. The third-order valence-electron chi connectivity index (χ3n) is 4.90. The highest BCUT2D eigenvalue weighted by atomic mass is 32.2. The van der Waals surface area contributed by atoms with Gasteiger partial charge >= 0.3 is 0 Å². The number of hydrogen-bond acceptors (Lipinski definition) is 11. The predicted molar refractivity (Wildman–Crippen MR) is 127 cm³/mol. The monoisotopic (exact) mass is 502 g/mol. The number of benzene rings is 1. The van der Waals surface area contributed by atoms with Gasteiger partial charge < -0.3 is 15.5 Å². The first-order valence-corrected chi connectivity index (χ1v) is 13.0. The first kappa shape index (κ1) is 23.5. The van der Waals surface area contributed by atoms with Crippen LogP contribution in [-0.2, 0) is 21.2 Å². The average Bonchev–Trinajstić information content (AvgIpc) is 3.43. The van der Waals surface area contributed by atoms with E-state index in [0.29, 0.717) is 15.8 Å². The van der Waals surface area contributed by atoms with E-state index in [4.69, 9.17) is 0 Å². The summed E-state index contributed by atoms with van der Waals surface area (Å²) in [4.78, 5) is 26.6. The van der Waals surface area contributed by atoms with E-state index in [-0.39, 0.29) is 23.9 Å². The van der Waals surface area contributed by atoms with Crippen LogP contribution in [-0.4, -0.2) is 66.0 Å². The van der Waals surface area contributed by atoms with Gasteiger partial charge in [-0.25, -0.2) is 13.1 Å². The highest BCUT2D eigenvalue weighted by Crippen LogP contribution is 2.24. The van der Waals surface area contributed by atoms with Crippen molar-refractivity contribution in [3.63, 3.8) is 0 Å². The summed E-state index contributed by atoms with van der Waals surface area (Å²) in [7, 11) is -3.68. The molecule has 1 fully saturated rings. The Labute approximate surface area is 199 Å². The SMILES string of the molecule is CS(=O)(=O)NC(=O)c1cccc(CC(=O)Nc2nnc(N[C@@H]3CCN(c4cccnn4)C3)s2)c1. The van der Waals surface area contributed by atoms with Gasteiger partial charge in [0.1, 0.15) is 0 Å². The second-order valence-corrected chi connectivity index (χ2v) is 10.4. The number of amides is 2. The lowest BCUT2D eigenvalue weighted by Crippen LogP contribution is -2.29. The largest absolute Gasteiger partial charge is 0.355 e. The van der Waals surface area contributed by atoms with Crippen molar-refractivity contribution >= 4 is 49.3 Å². The number of hydrogen-bond donors (Lipinski definition) is 3. The summed E-state index contributed by atoms with van der Waals surface area (Å²) < 4.78 is 24.4. The zero-order valence-corrected chi connectivity index (χ0v) is 19.8. The minimum absolute atomic E-state index is 0.0158. The maximum absolute atomic E-state index is 12.4. The number of nitrogens with one attached hydrogen (secondary N) is 3. The van der Waals surface area contributed by atoms with E-state index in [1.807, 2.05) is 16.9 Å². The zero-order chi connectivity index (χ0) is 24.1. The first-order chi connectivity index (χ1) is 16.2. The molecule has 34 heavy (non-hydrogen) atoms. The summed E-state index contributed by atoms with van der Waals surface area (Å²) in [5.41, 5.74) is 0.696. The van der Waals surface area contributed by atoms with Crippen LogP contribution in [0.3, 0.4) is 0 Å². The fourth-order valence-electron chi connectivity index (χ4n) is 3.45. The minimum Gasteiger partial charge on any atom is -0.355 e. The predicted octanol–water partition coefficient (Wildman–Crippen LogP) is 0.889. The standard InChI is InChI=1S/C20H22N8O4S2/c1-34(31,32)27-18(30)14-5-2-4-13(10-14)11-17(29)23-20-26-25-19(33-20)22-15-7-9-28(12-15)16-6-3-8-21-24-16/h2-6,8,10,15H,7,9,11-12H2,1H3,(H,22,25)(H,27,30)(H,23,26,29)/t15-/m1/s1. The Balaban J connectivity index is 1.29. The lowest BCUT2D eigenvalue weighted by Gasteiger charge is -2.16.